The monoisotopic (exact) mass is 527 g/mol. The van der Waals surface area contributed by atoms with Crippen molar-refractivity contribution in [1.29, 1.82) is 0 Å². The zero-order valence-corrected chi connectivity index (χ0v) is 23.6. The third kappa shape index (κ3) is 6.42. The molecular weight excluding hydrogens is 490 g/mol. The van der Waals surface area contributed by atoms with Crippen molar-refractivity contribution in [2.45, 2.75) is 58.0 Å². The second-order valence-corrected chi connectivity index (χ2v) is 16.3. The lowest BCUT2D eigenvalue weighted by Gasteiger charge is -2.26. The van der Waals surface area contributed by atoms with E-state index in [9.17, 15) is 4.79 Å². The molecule has 1 aliphatic rings. The van der Waals surface area contributed by atoms with Crippen molar-refractivity contribution in [1.82, 2.24) is 19.7 Å². The highest BCUT2D eigenvalue weighted by molar-refractivity contribution is 6.76. The van der Waals surface area contributed by atoms with E-state index in [0.717, 1.165) is 28.2 Å². The SMILES string of the molecule is COCc1cc(-c2nn(COCC[Si](C)(C)C)c3cnc(NC(C)=O)cc23)nc(C2(OC)CCOC2)c1. The first-order chi connectivity index (χ1) is 17.6. The molecule has 1 N–H and O–H groups in total. The number of pyridine rings is 2. The first-order valence-electron chi connectivity index (χ1n) is 12.5. The van der Waals surface area contributed by atoms with E-state index in [0.29, 0.717) is 56.8 Å². The molecule has 3 aromatic rings. The maximum Gasteiger partial charge on any atom is 0.222 e. The number of hydrogen-bond donors (Lipinski definition) is 1. The highest BCUT2D eigenvalue weighted by atomic mass is 28.3. The van der Waals surface area contributed by atoms with Crippen molar-refractivity contribution in [3.63, 3.8) is 0 Å². The number of hydrogen-bond acceptors (Lipinski definition) is 8. The van der Waals surface area contributed by atoms with Gasteiger partial charge in [-0.25, -0.2) is 14.6 Å². The van der Waals surface area contributed by atoms with Crippen molar-refractivity contribution in [3.05, 3.63) is 35.7 Å². The number of carbonyl (C=O) groups is 1. The molecule has 37 heavy (non-hydrogen) atoms. The van der Waals surface area contributed by atoms with Crippen LogP contribution in [0.1, 0.15) is 24.6 Å². The molecule has 1 aliphatic heterocycles. The summed E-state index contributed by atoms with van der Waals surface area (Å²) in [4.78, 5) is 21.1. The van der Waals surface area contributed by atoms with E-state index in [4.69, 9.17) is 29.0 Å². The molecule has 4 rings (SSSR count). The Morgan fingerprint density at radius 2 is 2.05 bits per heavy atom. The quantitative estimate of drug-likeness (QED) is 0.292. The summed E-state index contributed by atoms with van der Waals surface area (Å²) < 4.78 is 24.9. The van der Waals surface area contributed by atoms with Gasteiger partial charge < -0.3 is 24.3 Å². The van der Waals surface area contributed by atoms with Crippen LogP contribution < -0.4 is 5.32 Å². The molecule has 3 aromatic heterocycles. The van der Waals surface area contributed by atoms with Gasteiger partial charge in [0.25, 0.3) is 0 Å². The summed E-state index contributed by atoms with van der Waals surface area (Å²) in [5, 5.41) is 8.49. The van der Waals surface area contributed by atoms with E-state index in [-0.39, 0.29) is 5.91 Å². The smallest absolute Gasteiger partial charge is 0.222 e. The van der Waals surface area contributed by atoms with Gasteiger partial charge in [0, 0.05) is 54.2 Å². The summed E-state index contributed by atoms with van der Waals surface area (Å²) in [7, 11) is 2.14. The average molecular weight is 528 g/mol. The standard InChI is InChI=1S/C26H37N5O5Si/c1-18(32)28-24-13-20-22(14-27-24)31(17-36-9-10-37(4,5)6)30-25(20)21-11-19(15-33-2)12-23(29-21)26(34-3)7-8-35-16-26/h11-14H,7-10,15-17H2,1-6H3,(H,27,28,32). The maximum atomic E-state index is 11.7. The van der Waals surface area contributed by atoms with E-state index < -0.39 is 13.7 Å². The molecule has 0 bridgehead atoms. The van der Waals surface area contributed by atoms with Crippen LogP contribution in [0.2, 0.25) is 25.7 Å². The molecule has 0 spiro atoms. The summed E-state index contributed by atoms with van der Waals surface area (Å²) in [6, 6.07) is 6.87. The first-order valence-corrected chi connectivity index (χ1v) is 16.2. The van der Waals surface area contributed by atoms with Crippen LogP contribution in [0.3, 0.4) is 0 Å². The fraction of sp³-hybridized carbons (Fsp3) is 0.538. The molecule has 1 amide bonds. The minimum atomic E-state index is -1.22. The third-order valence-corrected chi connectivity index (χ3v) is 8.14. The average Bonchev–Trinajstić information content (AvgIpc) is 3.47. The van der Waals surface area contributed by atoms with Crippen LogP contribution in [0, 0.1) is 0 Å². The molecule has 0 radical (unpaired) electrons. The number of nitrogens with one attached hydrogen (secondary N) is 1. The van der Waals surface area contributed by atoms with Gasteiger partial charge in [-0.15, -0.1) is 0 Å². The molecule has 1 atom stereocenters. The lowest BCUT2D eigenvalue weighted by atomic mass is 9.95. The van der Waals surface area contributed by atoms with Gasteiger partial charge in [0.1, 0.15) is 23.8 Å². The number of anilines is 1. The number of amides is 1. The van der Waals surface area contributed by atoms with Gasteiger partial charge in [-0.1, -0.05) is 19.6 Å². The highest BCUT2D eigenvalue weighted by Crippen LogP contribution is 2.36. The Morgan fingerprint density at radius 1 is 1.24 bits per heavy atom. The lowest BCUT2D eigenvalue weighted by Crippen LogP contribution is -2.30. The van der Waals surface area contributed by atoms with Crippen LogP contribution in [0.5, 0.6) is 0 Å². The molecule has 1 saturated heterocycles. The van der Waals surface area contributed by atoms with Crippen molar-refractivity contribution < 1.29 is 23.7 Å². The van der Waals surface area contributed by atoms with E-state index in [2.05, 4.69) is 29.9 Å². The zero-order chi connectivity index (χ0) is 26.6. The van der Waals surface area contributed by atoms with Gasteiger partial charge in [-0.2, -0.15) is 5.10 Å². The summed E-state index contributed by atoms with van der Waals surface area (Å²) >= 11 is 0. The van der Waals surface area contributed by atoms with Crippen LogP contribution in [0.25, 0.3) is 22.3 Å². The topological polar surface area (TPSA) is 110 Å². The van der Waals surface area contributed by atoms with E-state index >= 15 is 0 Å². The number of rotatable bonds is 11. The van der Waals surface area contributed by atoms with E-state index in [1.54, 1.807) is 25.1 Å². The Hall–Kier alpha value is -2.70. The molecule has 1 fully saturated rings. The molecule has 200 valence electrons. The maximum absolute atomic E-state index is 11.7. The molecule has 0 aromatic carbocycles. The largest absolute Gasteiger partial charge is 0.380 e. The van der Waals surface area contributed by atoms with Crippen LogP contribution in [-0.4, -0.2) is 67.8 Å². The van der Waals surface area contributed by atoms with Gasteiger partial charge >= 0.3 is 0 Å². The summed E-state index contributed by atoms with van der Waals surface area (Å²) in [5.74, 6) is 0.257. The van der Waals surface area contributed by atoms with Crippen LogP contribution in [0.15, 0.2) is 24.4 Å². The fourth-order valence-electron chi connectivity index (χ4n) is 4.34. The number of nitrogens with zero attached hydrogens (tertiary/aromatic N) is 4. The summed E-state index contributed by atoms with van der Waals surface area (Å²) in [6.45, 7) is 10.9. The second-order valence-electron chi connectivity index (χ2n) is 10.6. The second kappa shape index (κ2) is 11.4. The normalized spacial score (nSPS) is 18.0. The van der Waals surface area contributed by atoms with Gasteiger partial charge in [0.15, 0.2) is 0 Å². The molecule has 4 heterocycles. The van der Waals surface area contributed by atoms with Crippen molar-refractivity contribution in [2.75, 3.05) is 39.4 Å². The van der Waals surface area contributed by atoms with Crippen molar-refractivity contribution >= 4 is 30.7 Å². The Morgan fingerprint density at radius 3 is 2.70 bits per heavy atom. The van der Waals surface area contributed by atoms with E-state index in [1.165, 1.54) is 6.92 Å². The van der Waals surface area contributed by atoms with Gasteiger partial charge in [-0.3, -0.25) is 4.79 Å². The number of ether oxygens (including phenoxy) is 4. The lowest BCUT2D eigenvalue weighted by molar-refractivity contribution is -0.114. The fourth-order valence-corrected chi connectivity index (χ4v) is 5.10. The predicted octanol–water partition coefficient (Wildman–Crippen LogP) is 4.17. The highest BCUT2D eigenvalue weighted by Gasteiger charge is 2.39. The molecule has 0 saturated carbocycles. The minimum Gasteiger partial charge on any atom is -0.380 e. The molecular formula is C26H37N5O5Si. The Labute approximate surface area is 218 Å². The Kier molecular flexibility index (Phi) is 8.39. The molecule has 0 aliphatic carbocycles. The van der Waals surface area contributed by atoms with Gasteiger partial charge in [-0.05, 0) is 29.8 Å². The molecule has 10 nitrogen and oxygen atoms in total. The molecule has 1 unspecified atom stereocenters. The Balaban J connectivity index is 1.80. The summed E-state index contributed by atoms with van der Waals surface area (Å²) in [6.07, 6.45) is 2.42. The van der Waals surface area contributed by atoms with Crippen LogP contribution in [0.4, 0.5) is 5.82 Å². The third-order valence-electron chi connectivity index (χ3n) is 6.43. The van der Waals surface area contributed by atoms with E-state index in [1.807, 2.05) is 18.2 Å². The van der Waals surface area contributed by atoms with Gasteiger partial charge in [0.2, 0.25) is 5.91 Å². The number of aromatic nitrogens is 4. The number of fused-ring (bicyclic) bond motifs is 1. The zero-order valence-electron chi connectivity index (χ0n) is 22.6. The minimum absolute atomic E-state index is 0.193. The van der Waals surface area contributed by atoms with Crippen LogP contribution >= 0.6 is 0 Å². The van der Waals surface area contributed by atoms with Gasteiger partial charge in [0.05, 0.1) is 36.3 Å². The number of methoxy groups -OCH3 is 2. The summed E-state index contributed by atoms with van der Waals surface area (Å²) in [5.41, 5.74) is 3.25. The van der Waals surface area contributed by atoms with Crippen molar-refractivity contribution in [3.8, 4) is 11.4 Å². The first kappa shape index (κ1) is 27.3. The molecule has 11 heteroatoms. The van der Waals surface area contributed by atoms with Crippen molar-refractivity contribution in [2.24, 2.45) is 0 Å². The van der Waals surface area contributed by atoms with Crippen LogP contribution in [-0.2, 0) is 42.7 Å². The predicted molar refractivity (Wildman–Crippen MR) is 144 cm³/mol. The number of carbonyl (C=O) groups excluding carboxylic acids is 1. The Bertz CT molecular complexity index is 1250.